The Morgan fingerprint density at radius 2 is 1.76 bits per heavy atom. The first kappa shape index (κ1) is 18.1. The molecule has 7 nitrogen and oxygen atoms in total. The van der Waals surface area contributed by atoms with Crippen molar-refractivity contribution in [2.24, 2.45) is 0 Å². The van der Waals surface area contributed by atoms with Crippen LogP contribution in [0.2, 0.25) is 0 Å². The Balaban J connectivity index is 1.99. The van der Waals surface area contributed by atoms with Gasteiger partial charge in [0.25, 0.3) is 0 Å². The van der Waals surface area contributed by atoms with E-state index in [0.29, 0.717) is 17.9 Å². The van der Waals surface area contributed by atoms with E-state index in [9.17, 15) is 14.4 Å². The zero-order valence-electron chi connectivity index (χ0n) is 14.2. The van der Waals surface area contributed by atoms with Crippen LogP contribution in [-0.4, -0.2) is 34.2 Å². The largest absolute Gasteiger partial charge is 0.329 e. The predicted octanol–water partition coefficient (Wildman–Crippen LogP) is 2.03. The summed E-state index contributed by atoms with van der Waals surface area (Å²) in [5.74, 6) is -0.715. The van der Waals surface area contributed by atoms with Gasteiger partial charge >= 0.3 is 0 Å². The fourth-order valence-electron chi connectivity index (χ4n) is 2.24. The van der Waals surface area contributed by atoms with Crippen molar-refractivity contribution in [2.45, 2.75) is 20.4 Å². The van der Waals surface area contributed by atoms with Gasteiger partial charge in [0.15, 0.2) is 0 Å². The minimum absolute atomic E-state index is 0.0748. The lowest BCUT2D eigenvalue weighted by molar-refractivity contribution is -0.133. The molecule has 0 radical (unpaired) electrons. The van der Waals surface area contributed by atoms with Gasteiger partial charge in [0, 0.05) is 44.2 Å². The molecule has 0 spiro atoms. The number of benzene rings is 1. The van der Waals surface area contributed by atoms with Crippen molar-refractivity contribution in [3.63, 3.8) is 0 Å². The zero-order chi connectivity index (χ0) is 18.2. The highest BCUT2D eigenvalue weighted by atomic mass is 16.2. The third kappa shape index (κ3) is 6.06. The molecule has 7 heteroatoms. The molecule has 2 rings (SSSR count). The third-order valence-electron chi connectivity index (χ3n) is 3.34. The van der Waals surface area contributed by atoms with Gasteiger partial charge in [-0.15, -0.1) is 0 Å². The highest BCUT2D eigenvalue weighted by molar-refractivity contribution is 5.95. The maximum Gasteiger partial charge on any atom is 0.244 e. The van der Waals surface area contributed by atoms with Crippen LogP contribution in [0.1, 0.15) is 19.4 Å². The Kier molecular flexibility index (Phi) is 6.22. The molecule has 2 aromatic rings. The minimum Gasteiger partial charge on any atom is -0.329 e. The molecule has 0 aliphatic rings. The van der Waals surface area contributed by atoms with Gasteiger partial charge in [-0.2, -0.15) is 0 Å². The predicted molar refractivity (Wildman–Crippen MR) is 94.7 cm³/mol. The summed E-state index contributed by atoms with van der Waals surface area (Å²) in [6.07, 6.45) is 3.31. The molecule has 0 aliphatic heterocycles. The summed E-state index contributed by atoms with van der Waals surface area (Å²) in [5.41, 5.74) is 1.98. The number of carbonyl (C=O) groups is 3. The Bertz CT molecular complexity index is 762. The summed E-state index contributed by atoms with van der Waals surface area (Å²) < 4.78 is 0. The molecule has 0 bridgehead atoms. The third-order valence-corrected chi connectivity index (χ3v) is 3.34. The summed E-state index contributed by atoms with van der Waals surface area (Å²) in [5, 5.41) is 5.38. The lowest BCUT2D eigenvalue weighted by atomic mass is 10.2. The summed E-state index contributed by atoms with van der Waals surface area (Å²) in [4.78, 5) is 40.6. The Labute approximate surface area is 146 Å². The first-order valence-corrected chi connectivity index (χ1v) is 7.76. The summed E-state index contributed by atoms with van der Waals surface area (Å²) in [6.45, 7) is 3.06. The Morgan fingerprint density at radius 3 is 2.36 bits per heavy atom. The highest BCUT2D eigenvalue weighted by Crippen LogP contribution is 2.15. The van der Waals surface area contributed by atoms with Crippen molar-refractivity contribution in [2.75, 3.05) is 17.2 Å². The van der Waals surface area contributed by atoms with E-state index >= 15 is 0 Å². The van der Waals surface area contributed by atoms with Crippen LogP contribution in [0.3, 0.4) is 0 Å². The van der Waals surface area contributed by atoms with Gasteiger partial charge in [-0.25, -0.2) is 0 Å². The number of rotatable bonds is 6. The molecule has 2 N–H and O–H groups in total. The summed E-state index contributed by atoms with van der Waals surface area (Å²) in [7, 11) is 0. The summed E-state index contributed by atoms with van der Waals surface area (Å²) >= 11 is 0. The van der Waals surface area contributed by atoms with E-state index < -0.39 is 0 Å². The monoisotopic (exact) mass is 340 g/mol. The molecule has 0 fully saturated rings. The molecule has 0 saturated carbocycles. The molecule has 0 aliphatic carbocycles. The molecule has 25 heavy (non-hydrogen) atoms. The van der Waals surface area contributed by atoms with Crippen molar-refractivity contribution in [1.82, 2.24) is 9.88 Å². The highest BCUT2D eigenvalue weighted by Gasteiger charge is 2.14. The lowest BCUT2D eigenvalue weighted by Gasteiger charge is -2.20. The topological polar surface area (TPSA) is 91.4 Å². The first-order chi connectivity index (χ1) is 11.9. The van der Waals surface area contributed by atoms with Crippen LogP contribution in [0.25, 0.3) is 0 Å². The molecule has 1 aromatic carbocycles. The zero-order valence-corrected chi connectivity index (χ0v) is 14.2. The van der Waals surface area contributed by atoms with Gasteiger partial charge in [0.1, 0.15) is 6.54 Å². The number of nitrogens with one attached hydrogen (secondary N) is 2. The van der Waals surface area contributed by atoms with Crippen LogP contribution >= 0.6 is 0 Å². The number of aromatic nitrogens is 1. The van der Waals surface area contributed by atoms with E-state index in [4.69, 9.17) is 0 Å². The molecule has 130 valence electrons. The SMILES string of the molecule is CC(=O)Nc1cccc(NC(=O)CN(Cc2cccnc2)C(C)=O)c1. The van der Waals surface area contributed by atoms with Crippen LogP contribution in [0.15, 0.2) is 48.8 Å². The maximum absolute atomic E-state index is 12.2. The van der Waals surface area contributed by atoms with Crippen LogP contribution in [0, 0.1) is 0 Å². The van der Waals surface area contributed by atoms with Crippen LogP contribution in [-0.2, 0) is 20.9 Å². The van der Waals surface area contributed by atoms with Crippen LogP contribution in [0.5, 0.6) is 0 Å². The molecular formula is C18H20N4O3. The van der Waals surface area contributed by atoms with Gasteiger partial charge in [-0.1, -0.05) is 12.1 Å². The second kappa shape index (κ2) is 8.58. The number of anilines is 2. The molecule has 3 amide bonds. The van der Waals surface area contributed by atoms with Gasteiger partial charge in [-0.3, -0.25) is 19.4 Å². The maximum atomic E-state index is 12.2. The fraction of sp³-hybridized carbons (Fsp3) is 0.222. The average Bonchev–Trinajstić information content (AvgIpc) is 2.54. The first-order valence-electron chi connectivity index (χ1n) is 7.76. The molecule has 0 saturated heterocycles. The molecular weight excluding hydrogens is 320 g/mol. The smallest absolute Gasteiger partial charge is 0.244 e. The quantitative estimate of drug-likeness (QED) is 0.842. The van der Waals surface area contributed by atoms with Crippen molar-refractivity contribution in [1.29, 1.82) is 0 Å². The number of pyridine rings is 1. The van der Waals surface area contributed by atoms with E-state index in [-0.39, 0.29) is 24.3 Å². The van der Waals surface area contributed by atoms with Crippen molar-refractivity contribution < 1.29 is 14.4 Å². The normalized spacial score (nSPS) is 10.0. The van der Waals surface area contributed by atoms with E-state index in [0.717, 1.165) is 5.56 Å². The lowest BCUT2D eigenvalue weighted by Crippen LogP contribution is -2.36. The fourth-order valence-corrected chi connectivity index (χ4v) is 2.24. The molecule has 0 unspecified atom stereocenters. The second-order valence-corrected chi connectivity index (χ2v) is 5.55. The van der Waals surface area contributed by atoms with E-state index in [1.54, 1.807) is 42.7 Å². The number of hydrogen-bond acceptors (Lipinski definition) is 4. The molecule has 0 atom stereocenters. The van der Waals surface area contributed by atoms with E-state index in [1.807, 2.05) is 6.07 Å². The van der Waals surface area contributed by atoms with E-state index in [1.165, 1.54) is 18.7 Å². The number of nitrogens with zero attached hydrogens (tertiary/aromatic N) is 2. The van der Waals surface area contributed by atoms with Gasteiger partial charge in [0.2, 0.25) is 17.7 Å². The summed E-state index contributed by atoms with van der Waals surface area (Å²) in [6, 6.07) is 10.4. The van der Waals surface area contributed by atoms with Crippen molar-refractivity contribution >= 4 is 29.1 Å². The van der Waals surface area contributed by atoms with Crippen LogP contribution < -0.4 is 10.6 Å². The van der Waals surface area contributed by atoms with Crippen LogP contribution in [0.4, 0.5) is 11.4 Å². The second-order valence-electron chi connectivity index (χ2n) is 5.55. The van der Waals surface area contributed by atoms with Crippen molar-refractivity contribution in [3.05, 3.63) is 54.4 Å². The minimum atomic E-state index is -0.320. The van der Waals surface area contributed by atoms with E-state index in [2.05, 4.69) is 15.6 Å². The number of hydrogen-bond donors (Lipinski definition) is 2. The van der Waals surface area contributed by atoms with Gasteiger partial charge in [0.05, 0.1) is 0 Å². The molecule has 1 aromatic heterocycles. The standard InChI is InChI=1S/C18H20N4O3/c1-13(23)20-16-6-3-7-17(9-16)21-18(25)12-22(14(2)24)11-15-5-4-8-19-10-15/h3-10H,11-12H2,1-2H3,(H,20,23)(H,21,25). The average molecular weight is 340 g/mol. The van der Waals surface area contributed by atoms with Crippen molar-refractivity contribution in [3.8, 4) is 0 Å². The number of carbonyl (C=O) groups excluding carboxylic acids is 3. The van der Waals surface area contributed by atoms with Gasteiger partial charge < -0.3 is 15.5 Å². The van der Waals surface area contributed by atoms with Gasteiger partial charge in [-0.05, 0) is 29.8 Å². The number of amides is 3. The molecule has 1 heterocycles. The Hall–Kier alpha value is -3.22. The Morgan fingerprint density at radius 1 is 1.04 bits per heavy atom.